The van der Waals surface area contributed by atoms with Crippen molar-refractivity contribution in [3.05, 3.63) is 76.9 Å². The Morgan fingerprint density at radius 1 is 1.03 bits per heavy atom. The summed E-state index contributed by atoms with van der Waals surface area (Å²) in [7, 11) is -2.99. The molecule has 0 aliphatic carbocycles. The molecule has 3 aromatic rings. The van der Waals surface area contributed by atoms with Gasteiger partial charge in [0, 0.05) is 17.9 Å². The third kappa shape index (κ3) is 6.18. The average molecular weight is 511 g/mol. The minimum Gasteiger partial charge on any atom is -0.494 e. The first-order chi connectivity index (χ1) is 17.1. The van der Waals surface area contributed by atoms with Crippen molar-refractivity contribution in [1.29, 1.82) is 0 Å². The van der Waals surface area contributed by atoms with E-state index in [4.69, 9.17) is 14.2 Å². The van der Waals surface area contributed by atoms with Crippen LogP contribution in [-0.4, -0.2) is 44.7 Å². The summed E-state index contributed by atoms with van der Waals surface area (Å²) in [5.41, 5.74) is 5.98. The number of carboxylic acid groups (broad SMARTS) is 1. The van der Waals surface area contributed by atoms with Crippen molar-refractivity contribution < 1.29 is 32.5 Å². The first-order valence-electron chi connectivity index (χ1n) is 11.7. The van der Waals surface area contributed by atoms with Crippen molar-refractivity contribution in [1.82, 2.24) is 0 Å². The lowest BCUT2D eigenvalue weighted by Crippen LogP contribution is -2.12. The number of benzene rings is 3. The molecule has 190 valence electrons. The molecule has 1 atom stereocenters. The SMILES string of the molecule is Cc1cc(OCCCS(C)(=O)=O)cc(C)c1-c1cccc(COc2ccc3c(c2)OC[C@H]3C(=O)O)c1. The molecule has 7 nitrogen and oxygen atoms in total. The fraction of sp³-hybridized carbons (Fsp3) is 0.321. The van der Waals surface area contributed by atoms with Gasteiger partial charge in [0.05, 0.1) is 12.4 Å². The first-order valence-corrected chi connectivity index (χ1v) is 13.8. The van der Waals surface area contributed by atoms with Crippen molar-refractivity contribution in [3.8, 4) is 28.4 Å². The lowest BCUT2D eigenvalue weighted by molar-refractivity contribution is -0.138. The van der Waals surface area contributed by atoms with E-state index in [1.54, 1.807) is 18.2 Å². The quantitative estimate of drug-likeness (QED) is 0.386. The molecule has 4 rings (SSSR count). The number of ether oxygens (including phenoxy) is 3. The molecule has 0 radical (unpaired) electrons. The number of aliphatic carboxylic acids is 1. The molecule has 0 unspecified atom stereocenters. The Morgan fingerprint density at radius 2 is 1.78 bits per heavy atom. The summed E-state index contributed by atoms with van der Waals surface area (Å²) in [6.45, 7) is 4.91. The molecular weight excluding hydrogens is 480 g/mol. The molecular formula is C28H30O7S. The van der Waals surface area contributed by atoms with Gasteiger partial charge >= 0.3 is 5.97 Å². The van der Waals surface area contributed by atoms with E-state index < -0.39 is 21.7 Å². The molecule has 0 saturated carbocycles. The molecule has 36 heavy (non-hydrogen) atoms. The molecule has 3 aromatic carbocycles. The minimum absolute atomic E-state index is 0.110. The summed E-state index contributed by atoms with van der Waals surface area (Å²) >= 11 is 0. The van der Waals surface area contributed by atoms with E-state index in [9.17, 15) is 18.3 Å². The van der Waals surface area contributed by atoms with Gasteiger partial charge in [-0.1, -0.05) is 24.3 Å². The zero-order chi connectivity index (χ0) is 25.9. The fourth-order valence-corrected chi connectivity index (χ4v) is 5.08. The third-order valence-electron chi connectivity index (χ3n) is 6.12. The van der Waals surface area contributed by atoms with E-state index >= 15 is 0 Å². The van der Waals surface area contributed by atoms with Crippen LogP contribution in [0.1, 0.15) is 34.6 Å². The van der Waals surface area contributed by atoms with Crippen molar-refractivity contribution >= 4 is 15.8 Å². The van der Waals surface area contributed by atoms with Gasteiger partial charge in [-0.15, -0.1) is 0 Å². The highest BCUT2D eigenvalue weighted by atomic mass is 32.2. The van der Waals surface area contributed by atoms with Crippen molar-refractivity contribution in [2.75, 3.05) is 25.2 Å². The maximum absolute atomic E-state index is 11.3. The van der Waals surface area contributed by atoms with E-state index in [0.717, 1.165) is 33.6 Å². The van der Waals surface area contributed by atoms with Crippen LogP contribution in [-0.2, 0) is 21.2 Å². The molecule has 0 aromatic heterocycles. The number of rotatable bonds is 10. The van der Waals surface area contributed by atoms with E-state index in [0.29, 0.717) is 36.7 Å². The molecule has 1 aliphatic rings. The largest absolute Gasteiger partial charge is 0.494 e. The summed E-state index contributed by atoms with van der Waals surface area (Å²) < 4.78 is 39.9. The van der Waals surface area contributed by atoms with Gasteiger partial charge in [-0.25, -0.2) is 8.42 Å². The number of carbonyl (C=O) groups is 1. The Labute approximate surface area is 211 Å². The number of fused-ring (bicyclic) bond motifs is 1. The highest BCUT2D eigenvalue weighted by molar-refractivity contribution is 7.90. The zero-order valence-corrected chi connectivity index (χ0v) is 21.4. The van der Waals surface area contributed by atoms with Gasteiger partial charge < -0.3 is 19.3 Å². The highest BCUT2D eigenvalue weighted by Crippen LogP contribution is 2.37. The van der Waals surface area contributed by atoms with Crippen molar-refractivity contribution in [2.24, 2.45) is 0 Å². The maximum atomic E-state index is 11.3. The van der Waals surface area contributed by atoms with Crippen LogP contribution in [0.4, 0.5) is 0 Å². The Kier molecular flexibility index (Phi) is 7.54. The van der Waals surface area contributed by atoms with Gasteiger partial charge in [-0.3, -0.25) is 4.79 Å². The maximum Gasteiger partial charge on any atom is 0.314 e. The Morgan fingerprint density at radius 3 is 2.47 bits per heavy atom. The molecule has 0 amide bonds. The molecule has 1 heterocycles. The summed E-state index contributed by atoms with van der Waals surface area (Å²) in [5.74, 6) is 0.483. The van der Waals surface area contributed by atoms with Crippen LogP contribution in [0.5, 0.6) is 17.2 Å². The second-order valence-corrected chi connectivity index (χ2v) is 11.4. The Hall–Kier alpha value is -3.52. The minimum atomic E-state index is -2.99. The average Bonchev–Trinajstić information content (AvgIpc) is 3.23. The number of aryl methyl sites for hydroxylation is 2. The first kappa shape index (κ1) is 25.6. The Bertz CT molecular complexity index is 1360. The normalized spacial score (nSPS) is 14.7. The van der Waals surface area contributed by atoms with E-state index in [1.807, 2.05) is 38.1 Å². The molecule has 8 heteroatoms. The zero-order valence-electron chi connectivity index (χ0n) is 20.6. The molecule has 0 fully saturated rings. The smallest absolute Gasteiger partial charge is 0.314 e. The van der Waals surface area contributed by atoms with Gasteiger partial charge in [0.1, 0.15) is 46.2 Å². The van der Waals surface area contributed by atoms with Crippen molar-refractivity contribution in [3.63, 3.8) is 0 Å². The summed E-state index contributed by atoms with van der Waals surface area (Å²) in [5, 5.41) is 9.29. The monoisotopic (exact) mass is 510 g/mol. The predicted octanol–water partition coefficient (Wildman–Crippen LogP) is 4.92. The van der Waals surface area contributed by atoms with E-state index in [-0.39, 0.29) is 12.4 Å². The number of sulfone groups is 1. The van der Waals surface area contributed by atoms with Gasteiger partial charge in [0.15, 0.2) is 0 Å². The third-order valence-corrected chi connectivity index (χ3v) is 7.15. The van der Waals surface area contributed by atoms with Crippen LogP contribution >= 0.6 is 0 Å². The number of carboxylic acids is 1. The second kappa shape index (κ2) is 10.6. The molecule has 0 spiro atoms. The molecule has 1 N–H and O–H groups in total. The number of hydrogen-bond acceptors (Lipinski definition) is 6. The summed E-state index contributed by atoms with van der Waals surface area (Å²) in [6.07, 6.45) is 1.68. The van der Waals surface area contributed by atoms with Gasteiger partial charge in [-0.05, 0) is 72.4 Å². The van der Waals surface area contributed by atoms with Crippen LogP contribution in [0.15, 0.2) is 54.6 Å². The lowest BCUT2D eigenvalue weighted by atomic mass is 9.94. The standard InChI is InChI=1S/C28H30O7S/c1-18-12-23(33-10-5-11-36(3,31)32)13-19(2)27(18)21-7-4-6-20(14-21)16-34-22-8-9-24-25(28(29)30)17-35-26(24)15-22/h4,6-9,12-15,25H,5,10-11,16-17H2,1-3H3,(H,29,30)/t25-/m1/s1. The van der Waals surface area contributed by atoms with Gasteiger partial charge in [0.2, 0.25) is 0 Å². The summed E-state index contributed by atoms with van der Waals surface area (Å²) in [4.78, 5) is 11.3. The summed E-state index contributed by atoms with van der Waals surface area (Å²) in [6, 6.07) is 17.4. The van der Waals surface area contributed by atoms with Crippen LogP contribution < -0.4 is 14.2 Å². The molecule has 1 aliphatic heterocycles. The van der Waals surface area contributed by atoms with Crippen LogP contribution in [0.3, 0.4) is 0 Å². The predicted molar refractivity (Wildman–Crippen MR) is 138 cm³/mol. The van der Waals surface area contributed by atoms with Crippen LogP contribution in [0, 0.1) is 13.8 Å². The van der Waals surface area contributed by atoms with E-state index in [2.05, 4.69) is 12.1 Å². The van der Waals surface area contributed by atoms with Gasteiger partial charge in [0.25, 0.3) is 0 Å². The van der Waals surface area contributed by atoms with Gasteiger partial charge in [-0.2, -0.15) is 0 Å². The lowest BCUT2D eigenvalue weighted by Gasteiger charge is -2.15. The van der Waals surface area contributed by atoms with E-state index in [1.165, 1.54) is 6.26 Å². The number of hydrogen-bond donors (Lipinski definition) is 1. The molecule has 0 saturated heterocycles. The highest BCUT2D eigenvalue weighted by Gasteiger charge is 2.30. The molecule has 0 bridgehead atoms. The Balaban J connectivity index is 1.43. The van der Waals surface area contributed by atoms with Crippen LogP contribution in [0.25, 0.3) is 11.1 Å². The topological polar surface area (TPSA) is 99.1 Å². The fourth-order valence-electron chi connectivity index (χ4n) is 4.44. The van der Waals surface area contributed by atoms with Crippen molar-refractivity contribution in [2.45, 2.75) is 32.8 Å². The second-order valence-electron chi connectivity index (χ2n) is 9.15. The van der Waals surface area contributed by atoms with Crippen LogP contribution in [0.2, 0.25) is 0 Å².